The number of carbonyl (C=O) groups is 1. The van der Waals surface area contributed by atoms with Crippen LogP contribution in [0.15, 0.2) is 6.20 Å². The molecule has 0 atom stereocenters. The van der Waals surface area contributed by atoms with Crippen LogP contribution in [0.5, 0.6) is 0 Å². The first kappa shape index (κ1) is 12.5. The molecule has 0 bridgehead atoms. The van der Waals surface area contributed by atoms with Crippen molar-refractivity contribution in [2.24, 2.45) is 7.05 Å². The fourth-order valence-electron chi connectivity index (χ4n) is 1.51. The van der Waals surface area contributed by atoms with Crippen LogP contribution in [0.3, 0.4) is 0 Å². The van der Waals surface area contributed by atoms with Crippen LogP contribution >= 0.6 is 0 Å². The highest BCUT2D eigenvalue weighted by Crippen LogP contribution is 2.04. The van der Waals surface area contributed by atoms with E-state index < -0.39 is 0 Å². The normalized spacial score (nSPS) is 10.2. The topological polar surface area (TPSA) is 50.2 Å². The van der Waals surface area contributed by atoms with E-state index in [1.165, 1.54) is 0 Å². The molecule has 0 radical (unpaired) electrons. The van der Waals surface area contributed by atoms with Crippen LogP contribution in [0.25, 0.3) is 0 Å². The molecule has 2 amide bonds. The van der Waals surface area contributed by atoms with E-state index in [1.54, 1.807) is 15.8 Å². The van der Waals surface area contributed by atoms with Gasteiger partial charge in [-0.05, 0) is 20.8 Å². The summed E-state index contributed by atoms with van der Waals surface area (Å²) in [5, 5.41) is 7.02. The van der Waals surface area contributed by atoms with Gasteiger partial charge in [-0.2, -0.15) is 5.10 Å². The summed E-state index contributed by atoms with van der Waals surface area (Å²) in [5.41, 5.74) is 2.14. The molecule has 1 aromatic rings. The van der Waals surface area contributed by atoms with Crippen molar-refractivity contribution in [3.8, 4) is 0 Å². The van der Waals surface area contributed by atoms with Crippen molar-refractivity contribution in [1.29, 1.82) is 0 Å². The van der Waals surface area contributed by atoms with Gasteiger partial charge in [-0.15, -0.1) is 0 Å². The van der Waals surface area contributed by atoms with E-state index in [4.69, 9.17) is 0 Å². The SMILES string of the molecule is CCN(CC)C(=O)NCc1cnn(C)c1C. The average molecular weight is 224 g/mol. The van der Waals surface area contributed by atoms with E-state index in [2.05, 4.69) is 10.4 Å². The second-order valence-electron chi connectivity index (χ2n) is 3.71. The van der Waals surface area contributed by atoms with Crippen molar-refractivity contribution < 1.29 is 4.79 Å². The van der Waals surface area contributed by atoms with Gasteiger partial charge in [0.25, 0.3) is 0 Å². The Bertz CT molecular complexity index is 355. The number of nitrogens with one attached hydrogen (secondary N) is 1. The van der Waals surface area contributed by atoms with Crippen molar-refractivity contribution in [3.05, 3.63) is 17.5 Å². The standard InChI is InChI=1S/C11H20N4O/c1-5-15(6-2)11(16)12-7-10-8-13-14(4)9(10)3/h8H,5-7H2,1-4H3,(H,12,16). The van der Waals surface area contributed by atoms with Gasteiger partial charge in [0.2, 0.25) is 0 Å². The van der Waals surface area contributed by atoms with E-state index in [1.807, 2.05) is 27.8 Å². The first-order valence-electron chi connectivity index (χ1n) is 5.60. The summed E-state index contributed by atoms with van der Waals surface area (Å²) in [6.45, 7) is 7.93. The molecule has 1 N–H and O–H groups in total. The summed E-state index contributed by atoms with van der Waals surface area (Å²) in [7, 11) is 1.89. The lowest BCUT2D eigenvalue weighted by Crippen LogP contribution is -2.39. The van der Waals surface area contributed by atoms with Crippen molar-refractivity contribution >= 4 is 6.03 Å². The number of hydrogen-bond acceptors (Lipinski definition) is 2. The summed E-state index contributed by atoms with van der Waals surface area (Å²) in [5.74, 6) is 0. The predicted molar refractivity (Wildman–Crippen MR) is 63.1 cm³/mol. The molecule has 0 aliphatic rings. The third kappa shape index (κ3) is 2.74. The van der Waals surface area contributed by atoms with Crippen LogP contribution in [0, 0.1) is 6.92 Å². The van der Waals surface area contributed by atoms with Crippen LogP contribution in [-0.4, -0.2) is 33.8 Å². The summed E-state index contributed by atoms with van der Waals surface area (Å²) < 4.78 is 1.80. The predicted octanol–water partition coefficient (Wildman–Crippen LogP) is 1.28. The second-order valence-corrected chi connectivity index (χ2v) is 3.71. The smallest absolute Gasteiger partial charge is 0.317 e. The number of hydrogen-bond donors (Lipinski definition) is 1. The Kier molecular flexibility index (Phi) is 4.34. The maximum atomic E-state index is 11.7. The molecule has 0 spiro atoms. The highest BCUT2D eigenvalue weighted by atomic mass is 16.2. The quantitative estimate of drug-likeness (QED) is 0.837. The summed E-state index contributed by atoms with van der Waals surface area (Å²) >= 11 is 0. The van der Waals surface area contributed by atoms with Crippen LogP contribution in [0.2, 0.25) is 0 Å². The van der Waals surface area contributed by atoms with Gasteiger partial charge in [-0.1, -0.05) is 0 Å². The van der Waals surface area contributed by atoms with Gasteiger partial charge in [0.05, 0.1) is 6.20 Å². The molecule has 1 aromatic heterocycles. The lowest BCUT2D eigenvalue weighted by Gasteiger charge is -2.19. The molecule has 0 unspecified atom stereocenters. The van der Waals surface area contributed by atoms with Gasteiger partial charge in [-0.3, -0.25) is 4.68 Å². The fourth-order valence-corrected chi connectivity index (χ4v) is 1.51. The van der Waals surface area contributed by atoms with Crippen LogP contribution in [0.4, 0.5) is 4.79 Å². The van der Waals surface area contributed by atoms with Crippen molar-refractivity contribution in [2.75, 3.05) is 13.1 Å². The molecule has 5 heteroatoms. The van der Waals surface area contributed by atoms with E-state index in [0.717, 1.165) is 24.3 Å². The summed E-state index contributed by atoms with van der Waals surface area (Å²) in [6, 6.07) is -0.0201. The maximum absolute atomic E-state index is 11.7. The molecule has 0 saturated carbocycles. The van der Waals surface area contributed by atoms with Gasteiger partial charge in [0.1, 0.15) is 0 Å². The third-order valence-corrected chi connectivity index (χ3v) is 2.82. The van der Waals surface area contributed by atoms with Crippen molar-refractivity contribution in [3.63, 3.8) is 0 Å². The van der Waals surface area contributed by atoms with E-state index in [9.17, 15) is 4.79 Å². The number of aryl methyl sites for hydroxylation is 1. The van der Waals surface area contributed by atoms with Crippen LogP contribution in [0.1, 0.15) is 25.1 Å². The highest BCUT2D eigenvalue weighted by molar-refractivity contribution is 5.74. The Morgan fingerprint density at radius 2 is 2.12 bits per heavy atom. The second kappa shape index (κ2) is 5.53. The van der Waals surface area contributed by atoms with Gasteiger partial charge in [0, 0.05) is 37.9 Å². The van der Waals surface area contributed by atoms with Crippen molar-refractivity contribution in [1.82, 2.24) is 20.0 Å². The molecule has 0 saturated heterocycles. The molecular weight excluding hydrogens is 204 g/mol. The molecule has 0 fully saturated rings. The molecule has 5 nitrogen and oxygen atoms in total. The highest BCUT2D eigenvalue weighted by Gasteiger charge is 2.10. The van der Waals surface area contributed by atoms with Crippen LogP contribution < -0.4 is 5.32 Å². The number of amides is 2. The Morgan fingerprint density at radius 3 is 2.56 bits per heavy atom. The molecule has 16 heavy (non-hydrogen) atoms. The average Bonchev–Trinajstić information content (AvgIpc) is 2.59. The minimum absolute atomic E-state index is 0.0201. The Morgan fingerprint density at radius 1 is 1.50 bits per heavy atom. The fraction of sp³-hybridized carbons (Fsp3) is 0.636. The number of carbonyl (C=O) groups excluding carboxylic acids is 1. The number of aromatic nitrogens is 2. The van der Waals surface area contributed by atoms with E-state index >= 15 is 0 Å². The van der Waals surface area contributed by atoms with E-state index in [0.29, 0.717) is 6.54 Å². The Hall–Kier alpha value is -1.52. The van der Waals surface area contributed by atoms with Gasteiger partial charge in [0.15, 0.2) is 0 Å². The van der Waals surface area contributed by atoms with E-state index in [-0.39, 0.29) is 6.03 Å². The molecule has 0 aromatic carbocycles. The molecule has 0 aliphatic heterocycles. The monoisotopic (exact) mass is 224 g/mol. The van der Waals surface area contributed by atoms with Gasteiger partial charge >= 0.3 is 6.03 Å². The first-order valence-corrected chi connectivity index (χ1v) is 5.60. The van der Waals surface area contributed by atoms with Gasteiger partial charge in [-0.25, -0.2) is 4.79 Å². The summed E-state index contributed by atoms with van der Waals surface area (Å²) in [6.07, 6.45) is 1.79. The maximum Gasteiger partial charge on any atom is 0.317 e. The lowest BCUT2D eigenvalue weighted by atomic mass is 10.2. The molecular formula is C11H20N4O. The zero-order valence-corrected chi connectivity index (χ0v) is 10.4. The molecule has 0 aliphatic carbocycles. The molecule has 1 heterocycles. The minimum Gasteiger partial charge on any atom is -0.334 e. The third-order valence-electron chi connectivity index (χ3n) is 2.82. The number of urea groups is 1. The first-order chi connectivity index (χ1) is 7.60. The summed E-state index contributed by atoms with van der Waals surface area (Å²) in [4.78, 5) is 13.4. The lowest BCUT2D eigenvalue weighted by molar-refractivity contribution is 0.203. The number of nitrogens with zero attached hydrogens (tertiary/aromatic N) is 3. The Balaban J connectivity index is 2.52. The minimum atomic E-state index is -0.0201. The van der Waals surface area contributed by atoms with Crippen LogP contribution in [-0.2, 0) is 13.6 Å². The number of rotatable bonds is 4. The zero-order chi connectivity index (χ0) is 12.1. The molecule has 90 valence electrons. The molecule has 1 rings (SSSR count). The largest absolute Gasteiger partial charge is 0.334 e. The van der Waals surface area contributed by atoms with Gasteiger partial charge < -0.3 is 10.2 Å². The Labute approximate surface area is 96.4 Å². The zero-order valence-electron chi connectivity index (χ0n) is 10.4. The van der Waals surface area contributed by atoms with Crippen molar-refractivity contribution in [2.45, 2.75) is 27.3 Å².